The maximum Gasteiger partial charge on any atom is 0.226 e. The van der Waals surface area contributed by atoms with Crippen molar-refractivity contribution in [3.8, 4) is 0 Å². The average Bonchev–Trinajstić information content (AvgIpc) is 2.86. The molecule has 3 heterocycles. The van der Waals surface area contributed by atoms with E-state index in [0.29, 0.717) is 34.2 Å². The van der Waals surface area contributed by atoms with E-state index in [-0.39, 0.29) is 0 Å². The number of unbranched alkanes of at least 4 members (excludes halogenated alkanes) is 1. The number of nitrogens with zero attached hydrogens (tertiary/aromatic N) is 6. The van der Waals surface area contributed by atoms with E-state index >= 15 is 0 Å². The van der Waals surface area contributed by atoms with Crippen molar-refractivity contribution >= 4 is 38.9 Å². The number of fused-ring (bicyclic) bond motifs is 1. The number of hydrogen-bond acceptors (Lipinski definition) is 7. The first-order chi connectivity index (χ1) is 11.2. The Morgan fingerprint density at radius 2 is 2.13 bits per heavy atom. The van der Waals surface area contributed by atoms with Crippen LogP contribution >= 0.6 is 15.9 Å². The molecule has 23 heavy (non-hydrogen) atoms. The third-order valence-electron chi connectivity index (χ3n) is 3.33. The molecular weight excluding hydrogens is 360 g/mol. The van der Waals surface area contributed by atoms with E-state index in [4.69, 9.17) is 5.73 Å². The van der Waals surface area contributed by atoms with Gasteiger partial charge in [-0.15, -0.1) is 0 Å². The molecule has 8 nitrogen and oxygen atoms in total. The molecule has 120 valence electrons. The molecule has 3 rings (SSSR count). The SMILES string of the molecule is CCCCNc1nc(N)c2nc(Br)n(Cc3cnccn3)c2n1. The first-order valence-corrected chi connectivity index (χ1v) is 8.16. The van der Waals surface area contributed by atoms with Crippen molar-refractivity contribution in [2.75, 3.05) is 17.6 Å². The van der Waals surface area contributed by atoms with Crippen LogP contribution in [0.15, 0.2) is 23.3 Å². The summed E-state index contributed by atoms with van der Waals surface area (Å²) in [6.45, 7) is 3.43. The maximum atomic E-state index is 6.02. The molecule has 9 heteroatoms. The zero-order valence-corrected chi connectivity index (χ0v) is 14.3. The summed E-state index contributed by atoms with van der Waals surface area (Å²) >= 11 is 3.45. The first kappa shape index (κ1) is 15.6. The first-order valence-electron chi connectivity index (χ1n) is 7.37. The Morgan fingerprint density at radius 1 is 1.26 bits per heavy atom. The maximum absolute atomic E-state index is 6.02. The predicted octanol–water partition coefficient (Wildman–Crippen LogP) is 2.22. The van der Waals surface area contributed by atoms with Gasteiger partial charge in [0.05, 0.1) is 18.4 Å². The molecule has 0 saturated heterocycles. The van der Waals surface area contributed by atoms with E-state index in [1.165, 1.54) is 0 Å². The minimum Gasteiger partial charge on any atom is -0.382 e. The van der Waals surface area contributed by atoms with Gasteiger partial charge in [-0.2, -0.15) is 9.97 Å². The number of nitrogen functional groups attached to an aromatic ring is 1. The van der Waals surface area contributed by atoms with Gasteiger partial charge in [0.1, 0.15) is 0 Å². The van der Waals surface area contributed by atoms with Gasteiger partial charge in [-0.25, -0.2) is 4.98 Å². The number of rotatable bonds is 6. The molecule has 0 saturated carbocycles. The lowest BCUT2D eigenvalue weighted by Crippen LogP contribution is -2.09. The molecule has 3 aromatic rings. The van der Waals surface area contributed by atoms with Gasteiger partial charge in [0.25, 0.3) is 0 Å². The van der Waals surface area contributed by atoms with Gasteiger partial charge in [-0.3, -0.25) is 14.5 Å². The topological polar surface area (TPSA) is 107 Å². The highest BCUT2D eigenvalue weighted by molar-refractivity contribution is 9.10. The van der Waals surface area contributed by atoms with Crippen molar-refractivity contribution < 1.29 is 0 Å². The molecule has 0 fully saturated rings. The second kappa shape index (κ2) is 6.86. The van der Waals surface area contributed by atoms with Crippen molar-refractivity contribution in [2.45, 2.75) is 26.3 Å². The molecule has 0 bridgehead atoms. The van der Waals surface area contributed by atoms with Crippen molar-refractivity contribution in [2.24, 2.45) is 0 Å². The van der Waals surface area contributed by atoms with E-state index < -0.39 is 0 Å². The third-order valence-corrected chi connectivity index (χ3v) is 3.93. The predicted molar refractivity (Wildman–Crippen MR) is 92.0 cm³/mol. The Bertz CT molecular complexity index is 801. The number of nitrogens with one attached hydrogen (secondary N) is 1. The number of hydrogen-bond donors (Lipinski definition) is 2. The van der Waals surface area contributed by atoms with Gasteiger partial charge >= 0.3 is 0 Å². The molecule has 0 aliphatic rings. The minimum absolute atomic E-state index is 0.354. The van der Waals surface area contributed by atoms with E-state index in [0.717, 1.165) is 25.1 Å². The van der Waals surface area contributed by atoms with Gasteiger partial charge in [0, 0.05) is 18.9 Å². The zero-order chi connectivity index (χ0) is 16.2. The Morgan fingerprint density at radius 3 is 2.87 bits per heavy atom. The summed E-state index contributed by atoms with van der Waals surface area (Å²) in [7, 11) is 0. The summed E-state index contributed by atoms with van der Waals surface area (Å²) in [6.07, 6.45) is 7.15. The minimum atomic E-state index is 0.354. The van der Waals surface area contributed by atoms with Gasteiger partial charge in [-0.05, 0) is 22.4 Å². The van der Waals surface area contributed by atoms with Crippen molar-refractivity contribution in [3.63, 3.8) is 0 Å². The normalized spacial score (nSPS) is 11.0. The van der Waals surface area contributed by atoms with Crippen LogP contribution in [0.1, 0.15) is 25.5 Å². The van der Waals surface area contributed by atoms with E-state index in [1.54, 1.807) is 18.6 Å². The van der Waals surface area contributed by atoms with Gasteiger partial charge in [0.2, 0.25) is 5.95 Å². The number of anilines is 2. The second-order valence-electron chi connectivity index (χ2n) is 5.05. The van der Waals surface area contributed by atoms with Crippen molar-refractivity contribution in [3.05, 3.63) is 29.0 Å². The molecule has 0 radical (unpaired) electrons. The van der Waals surface area contributed by atoms with Crippen LogP contribution in [0.4, 0.5) is 11.8 Å². The van der Waals surface area contributed by atoms with Gasteiger partial charge < -0.3 is 11.1 Å². The Hall–Kier alpha value is -2.29. The number of halogens is 1. The van der Waals surface area contributed by atoms with Crippen LogP contribution in [0.25, 0.3) is 11.2 Å². The van der Waals surface area contributed by atoms with Crippen LogP contribution in [0.3, 0.4) is 0 Å². The van der Waals surface area contributed by atoms with Gasteiger partial charge in [-0.1, -0.05) is 13.3 Å². The summed E-state index contributed by atoms with van der Waals surface area (Å²) in [5.74, 6) is 0.865. The summed E-state index contributed by atoms with van der Waals surface area (Å²) in [6, 6.07) is 0. The number of aromatic nitrogens is 6. The van der Waals surface area contributed by atoms with Crippen LogP contribution < -0.4 is 11.1 Å². The molecule has 3 N–H and O–H groups in total. The van der Waals surface area contributed by atoms with Crippen LogP contribution in [0.5, 0.6) is 0 Å². The van der Waals surface area contributed by atoms with E-state index in [2.05, 4.69) is 53.1 Å². The third kappa shape index (κ3) is 3.39. The highest BCUT2D eigenvalue weighted by Crippen LogP contribution is 2.24. The molecule has 0 unspecified atom stereocenters. The molecule has 0 aliphatic carbocycles. The summed E-state index contributed by atoms with van der Waals surface area (Å²) in [4.78, 5) is 21.6. The Kier molecular flexibility index (Phi) is 4.65. The fraction of sp³-hybridized carbons (Fsp3) is 0.357. The number of imidazole rings is 1. The van der Waals surface area contributed by atoms with Crippen molar-refractivity contribution in [1.82, 2.24) is 29.5 Å². The summed E-state index contributed by atoms with van der Waals surface area (Å²) in [5, 5.41) is 3.19. The molecule has 3 aromatic heterocycles. The Labute approximate surface area is 141 Å². The summed E-state index contributed by atoms with van der Waals surface area (Å²) < 4.78 is 2.52. The summed E-state index contributed by atoms with van der Waals surface area (Å²) in [5.41, 5.74) is 8.06. The quantitative estimate of drug-likeness (QED) is 0.501. The van der Waals surface area contributed by atoms with Crippen LogP contribution in [-0.4, -0.2) is 36.0 Å². The molecule has 0 spiro atoms. The lowest BCUT2D eigenvalue weighted by molar-refractivity contribution is 0.761. The molecule has 0 aliphatic heterocycles. The van der Waals surface area contributed by atoms with Crippen LogP contribution in [0, 0.1) is 0 Å². The largest absolute Gasteiger partial charge is 0.382 e. The molecule has 0 amide bonds. The molecule has 0 aromatic carbocycles. The van der Waals surface area contributed by atoms with E-state index in [9.17, 15) is 0 Å². The van der Waals surface area contributed by atoms with Crippen molar-refractivity contribution in [1.29, 1.82) is 0 Å². The lowest BCUT2D eigenvalue weighted by atomic mass is 10.3. The van der Waals surface area contributed by atoms with Gasteiger partial charge in [0.15, 0.2) is 21.7 Å². The Balaban J connectivity index is 1.98. The molecule has 0 atom stereocenters. The molecular formula is C14H17BrN8. The highest BCUT2D eigenvalue weighted by Gasteiger charge is 2.15. The fourth-order valence-corrected chi connectivity index (χ4v) is 2.64. The zero-order valence-electron chi connectivity index (χ0n) is 12.7. The smallest absolute Gasteiger partial charge is 0.226 e. The standard InChI is InChI=1S/C14H17BrN8/c1-2-3-4-19-14-21-11(16)10-12(22-14)23(13(15)20-10)8-9-7-17-5-6-18-9/h5-7H,2-4,8H2,1H3,(H3,16,19,21,22). The second-order valence-corrected chi connectivity index (χ2v) is 5.76. The van der Waals surface area contributed by atoms with Crippen LogP contribution in [0.2, 0.25) is 0 Å². The van der Waals surface area contributed by atoms with E-state index in [1.807, 2.05) is 4.57 Å². The monoisotopic (exact) mass is 376 g/mol. The lowest BCUT2D eigenvalue weighted by Gasteiger charge is -2.07. The average molecular weight is 377 g/mol. The fourth-order valence-electron chi connectivity index (χ4n) is 2.17. The number of nitrogens with two attached hydrogens (primary N) is 1. The highest BCUT2D eigenvalue weighted by atomic mass is 79.9. The van der Waals surface area contributed by atoms with Crippen LogP contribution in [-0.2, 0) is 6.54 Å².